The van der Waals surface area contributed by atoms with Crippen LogP contribution in [-0.4, -0.2) is 67.2 Å². The number of pyridine rings is 1. The van der Waals surface area contributed by atoms with Crippen LogP contribution in [0.3, 0.4) is 0 Å². The van der Waals surface area contributed by atoms with Crippen molar-refractivity contribution in [2.24, 2.45) is 15.9 Å². The number of piperazine rings is 1. The standard InChI is InChI=1S/C19H22N6O3/c1-12-14(15-18(27)22-11-23-19(15)28-12)17(26)21-10-13-4-3-5-20-16(13)25-8-6-24(2)7-9-25/h3-5,11,15H,6-10H2,1-2H3,(H,21,26). The van der Waals surface area contributed by atoms with Crippen LogP contribution >= 0.6 is 0 Å². The predicted octanol–water partition coefficient (Wildman–Crippen LogP) is 0.337. The van der Waals surface area contributed by atoms with Crippen LogP contribution in [0.1, 0.15) is 12.5 Å². The molecule has 1 atom stereocenters. The molecule has 0 saturated carbocycles. The zero-order chi connectivity index (χ0) is 19.7. The SMILES string of the molecule is CC1=C(C(=O)NCc2cccnc2N2CCN(C)CC2)C2C(=O)N=CN=C2O1. The summed E-state index contributed by atoms with van der Waals surface area (Å²) in [6, 6.07) is 3.81. The first kappa shape index (κ1) is 18.3. The first-order valence-electron chi connectivity index (χ1n) is 9.23. The van der Waals surface area contributed by atoms with Crippen molar-refractivity contribution < 1.29 is 14.3 Å². The van der Waals surface area contributed by atoms with Crippen LogP contribution in [0.25, 0.3) is 0 Å². The molecule has 3 aliphatic heterocycles. The van der Waals surface area contributed by atoms with Gasteiger partial charge in [-0.2, -0.15) is 0 Å². The maximum atomic E-state index is 12.8. The molecule has 0 radical (unpaired) electrons. The van der Waals surface area contributed by atoms with E-state index < -0.39 is 11.8 Å². The number of nitrogens with zero attached hydrogens (tertiary/aromatic N) is 5. The highest BCUT2D eigenvalue weighted by Gasteiger charge is 2.42. The van der Waals surface area contributed by atoms with Crippen LogP contribution < -0.4 is 10.2 Å². The second-order valence-corrected chi connectivity index (χ2v) is 7.01. The molecule has 1 saturated heterocycles. The van der Waals surface area contributed by atoms with E-state index in [0.29, 0.717) is 12.3 Å². The van der Waals surface area contributed by atoms with E-state index in [0.717, 1.165) is 43.9 Å². The minimum absolute atomic E-state index is 0.210. The fraction of sp³-hybridized carbons (Fsp3) is 0.421. The van der Waals surface area contributed by atoms with Crippen LogP contribution in [0, 0.1) is 5.92 Å². The molecule has 1 unspecified atom stereocenters. The smallest absolute Gasteiger partial charge is 0.264 e. The number of nitrogens with one attached hydrogen (secondary N) is 1. The maximum Gasteiger partial charge on any atom is 0.264 e. The fourth-order valence-electron chi connectivity index (χ4n) is 3.58. The molecule has 0 bridgehead atoms. The molecular weight excluding hydrogens is 360 g/mol. The van der Waals surface area contributed by atoms with E-state index in [1.165, 1.54) is 0 Å². The number of anilines is 1. The van der Waals surface area contributed by atoms with Gasteiger partial charge in [0, 0.05) is 44.5 Å². The lowest BCUT2D eigenvalue weighted by Gasteiger charge is -2.34. The van der Waals surface area contributed by atoms with Crippen molar-refractivity contribution in [2.75, 3.05) is 38.1 Å². The van der Waals surface area contributed by atoms with E-state index in [-0.39, 0.29) is 17.4 Å². The number of rotatable bonds is 4. The lowest BCUT2D eigenvalue weighted by Crippen LogP contribution is -2.45. The van der Waals surface area contributed by atoms with E-state index in [9.17, 15) is 9.59 Å². The molecule has 1 fully saturated rings. The molecular formula is C19H22N6O3. The second kappa shape index (κ2) is 7.51. The number of carbonyl (C=O) groups excluding carboxylic acids is 2. The summed E-state index contributed by atoms with van der Waals surface area (Å²) in [7, 11) is 2.10. The summed E-state index contributed by atoms with van der Waals surface area (Å²) in [6.45, 7) is 5.68. The van der Waals surface area contributed by atoms with Crippen LogP contribution in [0.5, 0.6) is 0 Å². The number of aromatic nitrogens is 1. The lowest BCUT2D eigenvalue weighted by molar-refractivity contribution is -0.122. The van der Waals surface area contributed by atoms with Gasteiger partial charge in [-0.1, -0.05) is 6.07 Å². The molecule has 4 rings (SSSR count). The highest BCUT2D eigenvalue weighted by atomic mass is 16.5. The number of likely N-dealkylation sites (N-methyl/N-ethyl adjacent to an activating group) is 1. The van der Waals surface area contributed by atoms with Gasteiger partial charge in [0.05, 0.1) is 5.57 Å². The van der Waals surface area contributed by atoms with Gasteiger partial charge in [-0.15, -0.1) is 0 Å². The van der Waals surface area contributed by atoms with Gasteiger partial charge < -0.3 is 19.9 Å². The average Bonchev–Trinajstić information content (AvgIpc) is 3.04. The molecule has 1 aromatic heterocycles. The highest BCUT2D eigenvalue weighted by Crippen LogP contribution is 2.30. The average molecular weight is 382 g/mol. The van der Waals surface area contributed by atoms with Crippen LogP contribution in [0.15, 0.2) is 39.6 Å². The molecule has 0 aliphatic carbocycles. The Morgan fingerprint density at radius 1 is 1.32 bits per heavy atom. The Morgan fingerprint density at radius 3 is 2.89 bits per heavy atom. The van der Waals surface area contributed by atoms with Gasteiger partial charge in [-0.3, -0.25) is 9.59 Å². The van der Waals surface area contributed by atoms with Gasteiger partial charge >= 0.3 is 0 Å². The molecule has 1 N–H and O–H groups in total. The van der Waals surface area contributed by atoms with E-state index in [2.05, 4.69) is 37.1 Å². The summed E-state index contributed by atoms with van der Waals surface area (Å²) in [5.74, 6) is -0.175. The highest BCUT2D eigenvalue weighted by molar-refractivity contribution is 6.18. The Morgan fingerprint density at radius 2 is 2.11 bits per heavy atom. The number of ether oxygens (including phenoxy) is 1. The molecule has 4 heterocycles. The summed E-state index contributed by atoms with van der Waals surface area (Å²) in [4.78, 5) is 41.6. The largest absolute Gasteiger partial charge is 0.446 e. The molecule has 0 spiro atoms. The molecule has 146 valence electrons. The second-order valence-electron chi connectivity index (χ2n) is 7.01. The normalized spacial score (nSPS) is 22.1. The molecule has 1 aromatic rings. The van der Waals surface area contributed by atoms with E-state index >= 15 is 0 Å². The first-order chi connectivity index (χ1) is 13.5. The Labute approximate surface area is 162 Å². The Kier molecular flexibility index (Phi) is 4.91. The predicted molar refractivity (Wildman–Crippen MR) is 104 cm³/mol. The van der Waals surface area contributed by atoms with Crippen molar-refractivity contribution >= 4 is 29.9 Å². The number of aliphatic imine (C=N–C) groups is 2. The third kappa shape index (κ3) is 3.40. The van der Waals surface area contributed by atoms with Gasteiger partial charge in [-0.25, -0.2) is 15.0 Å². The van der Waals surface area contributed by atoms with Crippen molar-refractivity contribution in [3.63, 3.8) is 0 Å². The van der Waals surface area contributed by atoms with E-state index in [4.69, 9.17) is 4.74 Å². The van der Waals surface area contributed by atoms with Crippen LogP contribution in [0.4, 0.5) is 5.82 Å². The maximum absolute atomic E-state index is 12.8. The molecule has 2 amide bonds. The molecule has 28 heavy (non-hydrogen) atoms. The number of allylic oxidation sites excluding steroid dienone is 1. The molecule has 0 aromatic carbocycles. The van der Waals surface area contributed by atoms with Crippen molar-refractivity contribution in [3.8, 4) is 0 Å². The third-order valence-electron chi connectivity index (χ3n) is 5.14. The molecule has 3 aliphatic rings. The number of hydrogen-bond acceptors (Lipinski definition) is 7. The number of carbonyl (C=O) groups is 2. The van der Waals surface area contributed by atoms with Crippen LogP contribution in [-0.2, 0) is 20.9 Å². The topological polar surface area (TPSA) is 99.5 Å². The number of fused-ring (bicyclic) bond motifs is 1. The van der Waals surface area contributed by atoms with Crippen molar-refractivity contribution in [3.05, 3.63) is 35.2 Å². The van der Waals surface area contributed by atoms with E-state index in [1.54, 1.807) is 13.1 Å². The van der Waals surface area contributed by atoms with Gasteiger partial charge in [0.15, 0.2) is 5.92 Å². The lowest BCUT2D eigenvalue weighted by atomic mass is 9.97. The van der Waals surface area contributed by atoms with Crippen molar-refractivity contribution in [2.45, 2.75) is 13.5 Å². The Hall–Kier alpha value is -3.07. The summed E-state index contributed by atoms with van der Waals surface area (Å²) < 4.78 is 5.48. The van der Waals surface area contributed by atoms with Gasteiger partial charge in [0.2, 0.25) is 5.90 Å². The summed E-state index contributed by atoms with van der Waals surface area (Å²) in [5.41, 5.74) is 1.20. The summed E-state index contributed by atoms with van der Waals surface area (Å²) in [6.07, 6.45) is 2.91. The first-order valence-corrected chi connectivity index (χ1v) is 9.23. The Bertz CT molecular complexity index is 899. The molecule has 9 nitrogen and oxygen atoms in total. The monoisotopic (exact) mass is 382 g/mol. The zero-order valence-electron chi connectivity index (χ0n) is 15.9. The third-order valence-corrected chi connectivity index (χ3v) is 5.14. The summed E-state index contributed by atoms with van der Waals surface area (Å²) >= 11 is 0. The van der Waals surface area contributed by atoms with E-state index in [1.807, 2.05) is 12.1 Å². The number of hydrogen-bond donors (Lipinski definition) is 1. The summed E-state index contributed by atoms with van der Waals surface area (Å²) in [5, 5.41) is 2.90. The quantitative estimate of drug-likeness (QED) is 0.806. The minimum atomic E-state index is -0.851. The minimum Gasteiger partial charge on any atom is -0.446 e. The fourth-order valence-corrected chi connectivity index (χ4v) is 3.58. The van der Waals surface area contributed by atoms with Gasteiger partial charge in [0.1, 0.15) is 17.9 Å². The van der Waals surface area contributed by atoms with Crippen molar-refractivity contribution in [1.82, 2.24) is 15.2 Å². The van der Waals surface area contributed by atoms with Gasteiger partial charge in [-0.05, 0) is 20.0 Å². The molecule has 9 heteroatoms. The zero-order valence-corrected chi connectivity index (χ0v) is 15.9. The van der Waals surface area contributed by atoms with Gasteiger partial charge in [0.25, 0.3) is 11.8 Å². The van der Waals surface area contributed by atoms with Crippen LogP contribution in [0.2, 0.25) is 0 Å². The Balaban J connectivity index is 1.47. The van der Waals surface area contributed by atoms with Crippen molar-refractivity contribution in [1.29, 1.82) is 0 Å². The number of amides is 2.